The van der Waals surface area contributed by atoms with Crippen LogP contribution < -0.4 is 10.1 Å². The summed E-state index contributed by atoms with van der Waals surface area (Å²) in [6.07, 6.45) is -8.05. The first-order valence-electron chi connectivity index (χ1n) is 9.37. The second-order valence-corrected chi connectivity index (χ2v) is 10.4. The molecular weight excluding hydrogens is 464 g/mol. The highest BCUT2D eigenvalue weighted by atomic mass is 32.2. The van der Waals surface area contributed by atoms with E-state index < -0.39 is 38.7 Å². The number of nitrogens with one attached hydrogen (secondary N) is 1. The van der Waals surface area contributed by atoms with Crippen LogP contribution in [0.3, 0.4) is 0 Å². The van der Waals surface area contributed by atoms with Crippen LogP contribution in [0.5, 0.6) is 5.75 Å². The van der Waals surface area contributed by atoms with E-state index in [1.165, 1.54) is 26.0 Å². The molecule has 1 fully saturated rings. The second-order valence-electron chi connectivity index (χ2n) is 7.90. The fourth-order valence-corrected chi connectivity index (χ4v) is 5.22. The highest BCUT2D eigenvalue weighted by Crippen LogP contribution is 2.44. The van der Waals surface area contributed by atoms with Crippen LogP contribution in [0.2, 0.25) is 0 Å². The predicted octanol–water partition coefficient (Wildman–Crippen LogP) is 4.84. The Morgan fingerprint density at radius 3 is 2.31 bits per heavy atom. The Hall–Kier alpha value is -2.57. The van der Waals surface area contributed by atoms with Gasteiger partial charge in [0.25, 0.3) is 0 Å². The standard InChI is InChI=1S/C19H19F6N3O3S/c1-17(2,32(29,30)14-5-3-4-13(10-14)31-19(23,24)25)11-8-12(9-11)27-15-6-7-26-16(28-15)18(20,21)22/h3-7,10-12H,8-9H2,1-2H3,(H,26,27,28)/t11-,12+. The van der Waals surface area contributed by atoms with Crippen LogP contribution >= 0.6 is 0 Å². The van der Waals surface area contributed by atoms with E-state index in [0.717, 1.165) is 24.4 Å². The van der Waals surface area contributed by atoms with E-state index >= 15 is 0 Å². The van der Waals surface area contributed by atoms with Crippen molar-refractivity contribution in [2.45, 2.75) is 54.9 Å². The van der Waals surface area contributed by atoms with Crippen molar-refractivity contribution < 1.29 is 39.5 Å². The number of aromatic nitrogens is 2. The number of sulfone groups is 1. The van der Waals surface area contributed by atoms with Crippen molar-refractivity contribution in [3.05, 3.63) is 42.4 Å². The van der Waals surface area contributed by atoms with Gasteiger partial charge in [-0.3, -0.25) is 0 Å². The van der Waals surface area contributed by atoms with Crippen molar-refractivity contribution in [2.24, 2.45) is 5.92 Å². The number of hydrogen-bond acceptors (Lipinski definition) is 6. The number of ether oxygens (including phenoxy) is 1. The molecule has 1 heterocycles. The average molecular weight is 483 g/mol. The molecule has 1 aromatic heterocycles. The van der Waals surface area contributed by atoms with Gasteiger partial charge in [0.2, 0.25) is 5.82 Å². The molecule has 3 rings (SSSR count). The molecule has 0 unspecified atom stereocenters. The van der Waals surface area contributed by atoms with Crippen molar-refractivity contribution in [1.29, 1.82) is 0 Å². The van der Waals surface area contributed by atoms with E-state index in [4.69, 9.17) is 0 Å². The molecule has 0 radical (unpaired) electrons. The molecule has 2 aromatic rings. The molecule has 6 nitrogen and oxygen atoms in total. The highest BCUT2D eigenvalue weighted by molar-refractivity contribution is 7.92. The SMILES string of the molecule is CC(C)([C@H]1C[C@@H](Nc2ccnc(C(F)(F)F)n2)C1)S(=O)(=O)c1cccc(OC(F)(F)F)c1. The summed E-state index contributed by atoms with van der Waals surface area (Å²) in [6.45, 7) is 2.93. The lowest BCUT2D eigenvalue weighted by atomic mass is 9.73. The number of anilines is 1. The van der Waals surface area contributed by atoms with Crippen LogP contribution in [0.15, 0.2) is 41.4 Å². The fourth-order valence-electron chi connectivity index (χ4n) is 3.45. The predicted molar refractivity (Wildman–Crippen MR) is 102 cm³/mol. The van der Waals surface area contributed by atoms with Gasteiger partial charge in [-0.25, -0.2) is 18.4 Å². The molecule has 0 bridgehead atoms. The van der Waals surface area contributed by atoms with Gasteiger partial charge in [0.15, 0.2) is 9.84 Å². The molecule has 13 heteroatoms. The van der Waals surface area contributed by atoms with Gasteiger partial charge in [0, 0.05) is 12.2 Å². The van der Waals surface area contributed by atoms with Gasteiger partial charge in [0.1, 0.15) is 11.6 Å². The first-order chi connectivity index (χ1) is 14.6. The molecular formula is C19H19F6N3O3S. The van der Waals surface area contributed by atoms with Gasteiger partial charge in [-0.05, 0) is 56.9 Å². The minimum atomic E-state index is -4.96. The third-order valence-electron chi connectivity index (χ3n) is 5.42. The van der Waals surface area contributed by atoms with E-state index in [0.29, 0.717) is 12.8 Å². The summed E-state index contributed by atoms with van der Waals surface area (Å²) in [5, 5.41) is 2.83. The first-order valence-corrected chi connectivity index (χ1v) is 10.8. The van der Waals surface area contributed by atoms with Crippen LogP contribution in [0, 0.1) is 5.92 Å². The Labute approximate surface area is 179 Å². The lowest BCUT2D eigenvalue weighted by molar-refractivity contribution is -0.274. The Morgan fingerprint density at radius 2 is 1.72 bits per heavy atom. The van der Waals surface area contributed by atoms with Gasteiger partial charge in [-0.2, -0.15) is 13.2 Å². The monoisotopic (exact) mass is 483 g/mol. The molecule has 32 heavy (non-hydrogen) atoms. The van der Waals surface area contributed by atoms with E-state index in [1.54, 1.807) is 0 Å². The van der Waals surface area contributed by atoms with Crippen molar-refractivity contribution in [1.82, 2.24) is 9.97 Å². The zero-order valence-corrected chi connectivity index (χ0v) is 17.6. The zero-order valence-electron chi connectivity index (χ0n) is 16.8. The minimum Gasteiger partial charge on any atom is -0.406 e. The number of rotatable bonds is 6. The van der Waals surface area contributed by atoms with Gasteiger partial charge in [-0.15, -0.1) is 13.2 Å². The van der Waals surface area contributed by atoms with Gasteiger partial charge in [0.05, 0.1) is 9.64 Å². The summed E-state index contributed by atoms with van der Waals surface area (Å²) in [5.41, 5.74) is 0. The number of hydrogen-bond donors (Lipinski definition) is 1. The third kappa shape index (κ3) is 5.08. The second kappa shape index (κ2) is 8.09. The maximum Gasteiger partial charge on any atom is 0.573 e. The number of halogens is 6. The van der Waals surface area contributed by atoms with Crippen molar-refractivity contribution in [3.63, 3.8) is 0 Å². The summed E-state index contributed by atoms with van der Waals surface area (Å²) in [7, 11) is -4.05. The zero-order chi connectivity index (χ0) is 23.9. The number of nitrogens with zero attached hydrogens (tertiary/aromatic N) is 2. The summed E-state index contributed by atoms with van der Waals surface area (Å²) in [5.74, 6) is -2.36. The van der Waals surface area contributed by atoms with Crippen LogP contribution in [0.1, 0.15) is 32.5 Å². The summed E-state index contributed by atoms with van der Waals surface area (Å²) < 4.78 is 104. The third-order valence-corrected chi connectivity index (χ3v) is 8.02. The van der Waals surface area contributed by atoms with E-state index in [1.807, 2.05) is 0 Å². The summed E-state index contributed by atoms with van der Waals surface area (Å²) in [6, 6.07) is 5.12. The maximum atomic E-state index is 13.1. The topological polar surface area (TPSA) is 81.2 Å². The van der Waals surface area contributed by atoms with Gasteiger partial charge in [-0.1, -0.05) is 6.07 Å². The van der Waals surface area contributed by atoms with Crippen LogP contribution in [0.4, 0.5) is 32.2 Å². The average Bonchev–Trinajstić information content (AvgIpc) is 2.62. The molecule has 0 atom stereocenters. The quantitative estimate of drug-likeness (QED) is 0.593. The van der Waals surface area contributed by atoms with Gasteiger partial charge < -0.3 is 10.1 Å². The normalized spacial score (nSPS) is 19.9. The molecule has 0 aliphatic heterocycles. The van der Waals surface area contributed by atoms with E-state index in [2.05, 4.69) is 20.0 Å². The maximum absolute atomic E-state index is 13.1. The highest BCUT2D eigenvalue weighted by Gasteiger charge is 2.49. The lowest BCUT2D eigenvalue weighted by Crippen LogP contribution is -2.50. The lowest BCUT2D eigenvalue weighted by Gasteiger charge is -2.45. The molecule has 0 amide bonds. The van der Waals surface area contributed by atoms with E-state index in [9.17, 15) is 34.8 Å². The molecule has 1 aromatic carbocycles. The molecule has 1 aliphatic carbocycles. The molecule has 176 valence electrons. The van der Waals surface area contributed by atoms with Crippen LogP contribution in [-0.2, 0) is 16.0 Å². The largest absolute Gasteiger partial charge is 0.573 e. The summed E-state index contributed by atoms with van der Waals surface area (Å²) in [4.78, 5) is 6.28. The molecule has 1 N–H and O–H groups in total. The minimum absolute atomic E-state index is 0.0339. The van der Waals surface area contributed by atoms with Crippen molar-refractivity contribution in [2.75, 3.05) is 5.32 Å². The number of alkyl halides is 6. The Balaban J connectivity index is 1.70. The van der Waals surface area contributed by atoms with Crippen molar-refractivity contribution >= 4 is 15.7 Å². The Morgan fingerprint density at radius 1 is 1.06 bits per heavy atom. The molecule has 1 aliphatic rings. The van der Waals surface area contributed by atoms with Gasteiger partial charge >= 0.3 is 12.5 Å². The van der Waals surface area contributed by atoms with Crippen LogP contribution in [0.25, 0.3) is 0 Å². The summed E-state index contributed by atoms with van der Waals surface area (Å²) >= 11 is 0. The Kier molecular flexibility index (Phi) is 6.09. The molecule has 1 saturated carbocycles. The smallest absolute Gasteiger partial charge is 0.406 e. The van der Waals surface area contributed by atoms with E-state index in [-0.39, 0.29) is 22.7 Å². The first kappa shape index (κ1) is 24.1. The molecule has 0 spiro atoms. The van der Waals surface area contributed by atoms with Crippen molar-refractivity contribution in [3.8, 4) is 5.75 Å². The Bertz CT molecular complexity index is 1080. The van der Waals surface area contributed by atoms with Crippen LogP contribution in [-0.4, -0.2) is 35.5 Å². The number of benzene rings is 1. The molecule has 0 saturated heterocycles. The fraction of sp³-hybridized carbons (Fsp3) is 0.474.